The van der Waals surface area contributed by atoms with Crippen LogP contribution in [0, 0.1) is 0 Å². The topological polar surface area (TPSA) is 76.5 Å². The molecule has 0 saturated heterocycles. The lowest BCUT2D eigenvalue weighted by Gasteiger charge is -2.26. The summed E-state index contributed by atoms with van der Waals surface area (Å²) in [6.07, 6.45) is 1.40. The van der Waals surface area contributed by atoms with E-state index < -0.39 is 0 Å². The SMILES string of the molecule is COc1ccccc1C(CNC(=O)Cn1cnc2ccc(Br)cc2c1=O)N(C)C. The second kappa shape index (κ2) is 9.19. The number of hydrogen-bond acceptors (Lipinski definition) is 5. The Morgan fingerprint density at radius 1 is 1.28 bits per heavy atom. The van der Waals surface area contributed by atoms with Gasteiger partial charge in [-0.1, -0.05) is 34.1 Å². The molecule has 1 atom stereocenters. The van der Waals surface area contributed by atoms with Crippen LogP contribution >= 0.6 is 15.9 Å². The highest BCUT2D eigenvalue weighted by molar-refractivity contribution is 9.10. The molecular formula is C21H23BrN4O3. The molecule has 1 N–H and O–H groups in total. The summed E-state index contributed by atoms with van der Waals surface area (Å²) in [5, 5.41) is 3.38. The zero-order valence-electron chi connectivity index (χ0n) is 16.6. The van der Waals surface area contributed by atoms with Crippen LogP contribution in [0.1, 0.15) is 11.6 Å². The number of carbonyl (C=O) groups is 1. The third-order valence-corrected chi connectivity index (χ3v) is 5.21. The largest absolute Gasteiger partial charge is 0.496 e. The average molecular weight is 459 g/mol. The molecule has 0 fully saturated rings. The van der Waals surface area contributed by atoms with Crippen LogP contribution in [0.25, 0.3) is 10.9 Å². The van der Waals surface area contributed by atoms with Gasteiger partial charge in [0.25, 0.3) is 5.56 Å². The molecule has 0 bridgehead atoms. The van der Waals surface area contributed by atoms with Crippen molar-refractivity contribution in [1.82, 2.24) is 19.8 Å². The lowest BCUT2D eigenvalue weighted by Crippen LogP contribution is -2.38. The number of rotatable bonds is 7. The molecular weight excluding hydrogens is 436 g/mol. The van der Waals surface area contributed by atoms with E-state index in [1.54, 1.807) is 19.2 Å². The van der Waals surface area contributed by atoms with Crippen molar-refractivity contribution in [2.24, 2.45) is 0 Å². The molecule has 29 heavy (non-hydrogen) atoms. The first-order valence-corrected chi connectivity index (χ1v) is 9.90. The summed E-state index contributed by atoms with van der Waals surface area (Å²) in [5.74, 6) is 0.506. The highest BCUT2D eigenvalue weighted by Gasteiger charge is 2.19. The number of nitrogens with zero attached hydrogens (tertiary/aromatic N) is 3. The Balaban J connectivity index is 1.74. The van der Waals surface area contributed by atoms with Gasteiger partial charge in [-0.2, -0.15) is 0 Å². The molecule has 0 aliphatic heterocycles. The first kappa shape index (κ1) is 21.0. The van der Waals surface area contributed by atoms with E-state index in [-0.39, 0.29) is 24.1 Å². The van der Waals surface area contributed by atoms with Crippen LogP contribution in [-0.2, 0) is 11.3 Å². The van der Waals surface area contributed by atoms with Crippen LogP contribution in [-0.4, -0.2) is 48.1 Å². The molecule has 1 heterocycles. The molecule has 0 spiro atoms. The first-order valence-electron chi connectivity index (χ1n) is 9.11. The maximum absolute atomic E-state index is 12.7. The summed E-state index contributed by atoms with van der Waals surface area (Å²) < 4.78 is 7.55. The fourth-order valence-electron chi connectivity index (χ4n) is 3.18. The van der Waals surface area contributed by atoms with Gasteiger partial charge in [0.05, 0.1) is 30.4 Å². The molecule has 1 amide bonds. The first-order chi connectivity index (χ1) is 13.9. The van der Waals surface area contributed by atoms with Crippen molar-refractivity contribution in [2.75, 3.05) is 27.7 Å². The number of ether oxygens (including phenoxy) is 1. The summed E-state index contributed by atoms with van der Waals surface area (Å²) in [5.41, 5.74) is 1.33. The van der Waals surface area contributed by atoms with Crippen LogP contribution in [0.5, 0.6) is 5.75 Å². The van der Waals surface area contributed by atoms with E-state index in [4.69, 9.17) is 4.74 Å². The van der Waals surface area contributed by atoms with Crippen molar-refractivity contribution < 1.29 is 9.53 Å². The lowest BCUT2D eigenvalue weighted by atomic mass is 10.0. The second-order valence-corrected chi connectivity index (χ2v) is 7.78. The van der Waals surface area contributed by atoms with Gasteiger partial charge in [-0.05, 0) is 38.4 Å². The molecule has 3 aromatic rings. The number of fused-ring (bicyclic) bond motifs is 1. The highest BCUT2D eigenvalue weighted by Crippen LogP contribution is 2.27. The van der Waals surface area contributed by atoms with Crippen molar-refractivity contribution in [3.8, 4) is 5.75 Å². The van der Waals surface area contributed by atoms with Gasteiger partial charge in [0.15, 0.2) is 0 Å². The van der Waals surface area contributed by atoms with E-state index >= 15 is 0 Å². The number of para-hydroxylation sites is 1. The maximum Gasteiger partial charge on any atom is 0.261 e. The Labute approximate surface area is 177 Å². The number of nitrogens with one attached hydrogen (secondary N) is 1. The fourth-order valence-corrected chi connectivity index (χ4v) is 3.54. The minimum absolute atomic E-state index is 0.0718. The summed E-state index contributed by atoms with van der Waals surface area (Å²) in [6.45, 7) is 0.286. The van der Waals surface area contributed by atoms with Gasteiger partial charge < -0.3 is 15.0 Å². The highest BCUT2D eigenvalue weighted by atomic mass is 79.9. The standard InChI is InChI=1S/C21H23BrN4O3/c1-25(2)18(15-6-4-5-7-19(15)29-3)11-23-20(27)12-26-13-24-17-9-8-14(22)10-16(17)21(26)28/h4-10,13,18H,11-12H2,1-3H3,(H,23,27). The summed E-state index contributed by atoms with van der Waals surface area (Å²) >= 11 is 3.36. The molecule has 8 heteroatoms. The number of benzene rings is 2. The smallest absolute Gasteiger partial charge is 0.261 e. The third kappa shape index (κ3) is 4.83. The molecule has 7 nitrogen and oxygen atoms in total. The van der Waals surface area contributed by atoms with Gasteiger partial charge in [0.2, 0.25) is 5.91 Å². The molecule has 3 rings (SSSR count). The minimum Gasteiger partial charge on any atom is -0.496 e. The van der Waals surface area contributed by atoms with Gasteiger partial charge in [-0.25, -0.2) is 4.98 Å². The Morgan fingerprint density at radius 3 is 2.76 bits per heavy atom. The number of halogens is 1. The zero-order valence-corrected chi connectivity index (χ0v) is 18.1. The van der Waals surface area contributed by atoms with Gasteiger partial charge in [-0.3, -0.25) is 14.2 Å². The Morgan fingerprint density at radius 2 is 2.03 bits per heavy atom. The van der Waals surface area contributed by atoms with Gasteiger partial charge in [0, 0.05) is 16.6 Å². The minimum atomic E-state index is -0.259. The molecule has 1 aromatic heterocycles. The number of methoxy groups -OCH3 is 1. The summed E-state index contributed by atoms with van der Waals surface area (Å²) in [7, 11) is 5.51. The molecule has 0 aliphatic rings. The monoisotopic (exact) mass is 458 g/mol. The van der Waals surface area contributed by atoms with E-state index in [1.165, 1.54) is 10.9 Å². The van der Waals surface area contributed by atoms with Crippen LogP contribution in [0.3, 0.4) is 0 Å². The maximum atomic E-state index is 12.7. The summed E-state index contributed by atoms with van der Waals surface area (Å²) in [4.78, 5) is 31.5. The number of hydrogen-bond donors (Lipinski definition) is 1. The average Bonchev–Trinajstić information content (AvgIpc) is 2.70. The number of likely N-dealkylation sites (N-methyl/N-ethyl adjacent to an activating group) is 1. The third-order valence-electron chi connectivity index (χ3n) is 4.71. The Bertz CT molecular complexity index is 1080. The van der Waals surface area contributed by atoms with Crippen molar-refractivity contribution >= 4 is 32.7 Å². The van der Waals surface area contributed by atoms with Crippen LogP contribution in [0.2, 0.25) is 0 Å². The van der Waals surface area contributed by atoms with Gasteiger partial charge in [0.1, 0.15) is 12.3 Å². The quantitative estimate of drug-likeness (QED) is 0.588. The van der Waals surface area contributed by atoms with Crippen molar-refractivity contribution in [2.45, 2.75) is 12.6 Å². The van der Waals surface area contributed by atoms with Gasteiger partial charge in [-0.15, -0.1) is 0 Å². The van der Waals surface area contributed by atoms with Crippen molar-refractivity contribution in [3.63, 3.8) is 0 Å². The number of aromatic nitrogens is 2. The van der Waals surface area contributed by atoms with Crippen molar-refractivity contribution in [1.29, 1.82) is 0 Å². The molecule has 1 unspecified atom stereocenters. The van der Waals surface area contributed by atoms with Crippen molar-refractivity contribution in [3.05, 3.63) is 69.2 Å². The normalized spacial score (nSPS) is 12.2. The van der Waals surface area contributed by atoms with Gasteiger partial charge >= 0.3 is 0 Å². The molecule has 152 valence electrons. The summed E-state index contributed by atoms with van der Waals surface area (Å²) in [6, 6.07) is 12.9. The molecule has 2 aromatic carbocycles. The van der Waals surface area contributed by atoms with E-state index in [0.717, 1.165) is 15.8 Å². The second-order valence-electron chi connectivity index (χ2n) is 6.86. The van der Waals surface area contributed by atoms with E-state index in [1.807, 2.05) is 49.3 Å². The zero-order chi connectivity index (χ0) is 21.0. The van der Waals surface area contributed by atoms with E-state index in [0.29, 0.717) is 17.4 Å². The van der Waals surface area contributed by atoms with E-state index in [9.17, 15) is 9.59 Å². The molecule has 0 radical (unpaired) electrons. The fraction of sp³-hybridized carbons (Fsp3) is 0.286. The van der Waals surface area contributed by atoms with Crippen LogP contribution in [0.4, 0.5) is 0 Å². The van der Waals surface area contributed by atoms with Crippen LogP contribution in [0.15, 0.2) is 58.1 Å². The Hall–Kier alpha value is -2.71. The predicted octanol–water partition coefficient (Wildman–Crippen LogP) is 2.59. The number of carbonyl (C=O) groups excluding carboxylic acids is 1. The number of amides is 1. The Kier molecular flexibility index (Phi) is 6.66. The van der Waals surface area contributed by atoms with Crippen LogP contribution < -0.4 is 15.6 Å². The molecule has 0 saturated carbocycles. The predicted molar refractivity (Wildman–Crippen MR) is 116 cm³/mol. The molecule has 0 aliphatic carbocycles. The van der Waals surface area contributed by atoms with E-state index in [2.05, 4.69) is 26.2 Å². The lowest BCUT2D eigenvalue weighted by molar-refractivity contribution is -0.121.